The molecule has 0 unspecified atom stereocenters. The number of carbonyl (C=O) groups excluding carboxylic acids is 1. The highest BCUT2D eigenvalue weighted by molar-refractivity contribution is 5.85. The highest BCUT2D eigenvalue weighted by atomic mass is 35.5. The van der Waals surface area contributed by atoms with E-state index in [0.717, 1.165) is 0 Å². The summed E-state index contributed by atoms with van der Waals surface area (Å²) in [7, 11) is 4.35. The molecule has 1 aromatic carbocycles. The normalized spacial score (nSPS) is 11.1. The number of ether oxygens (including phenoxy) is 3. The summed E-state index contributed by atoms with van der Waals surface area (Å²) in [6.07, 6.45) is 0. The van der Waals surface area contributed by atoms with Gasteiger partial charge in [-0.25, -0.2) is 0 Å². The number of benzene rings is 1. The van der Waals surface area contributed by atoms with E-state index in [-0.39, 0.29) is 12.4 Å². The van der Waals surface area contributed by atoms with Gasteiger partial charge in [-0.3, -0.25) is 4.79 Å². The molecule has 0 amide bonds. The van der Waals surface area contributed by atoms with Crippen LogP contribution in [-0.2, 0) is 9.53 Å². The van der Waals surface area contributed by atoms with E-state index in [1.54, 1.807) is 18.2 Å². The minimum absolute atomic E-state index is 0. The summed E-state index contributed by atoms with van der Waals surface area (Å²) in [6, 6.07) is 4.23. The SMILES string of the molecule is COC(=O)[C@H](N)c1ccc(OC)c(OC)c1.Cl. The van der Waals surface area contributed by atoms with Crippen LogP contribution in [0.1, 0.15) is 11.6 Å². The van der Waals surface area contributed by atoms with Crippen LogP contribution < -0.4 is 15.2 Å². The molecule has 17 heavy (non-hydrogen) atoms. The van der Waals surface area contributed by atoms with Gasteiger partial charge in [0.2, 0.25) is 0 Å². The predicted molar refractivity (Wildman–Crippen MR) is 65.7 cm³/mol. The van der Waals surface area contributed by atoms with E-state index in [1.165, 1.54) is 21.3 Å². The fraction of sp³-hybridized carbons (Fsp3) is 0.364. The molecular weight excluding hydrogens is 246 g/mol. The van der Waals surface area contributed by atoms with E-state index in [1.807, 2.05) is 0 Å². The van der Waals surface area contributed by atoms with E-state index in [0.29, 0.717) is 17.1 Å². The summed E-state index contributed by atoms with van der Waals surface area (Å²) in [6.45, 7) is 0. The number of nitrogens with two attached hydrogens (primary N) is 1. The Labute approximate surface area is 106 Å². The fourth-order valence-electron chi connectivity index (χ4n) is 1.31. The van der Waals surface area contributed by atoms with Crippen LogP contribution in [0.4, 0.5) is 0 Å². The number of carbonyl (C=O) groups is 1. The molecular formula is C11H16ClNO4. The first kappa shape index (κ1) is 15.5. The van der Waals surface area contributed by atoms with Crippen LogP contribution in [0.3, 0.4) is 0 Å². The maximum absolute atomic E-state index is 11.2. The molecule has 0 fully saturated rings. The summed E-state index contributed by atoms with van der Waals surface area (Å²) in [4.78, 5) is 11.2. The van der Waals surface area contributed by atoms with Crippen molar-refractivity contribution in [3.8, 4) is 11.5 Å². The molecule has 0 saturated heterocycles. The Bertz CT molecular complexity index is 384. The first-order chi connectivity index (χ1) is 7.63. The molecule has 0 aliphatic carbocycles. The zero-order chi connectivity index (χ0) is 12.1. The van der Waals surface area contributed by atoms with Gasteiger partial charge in [0.05, 0.1) is 21.3 Å². The van der Waals surface area contributed by atoms with Crippen molar-refractivity contribution in [2.75, 3.05) is 21.3 Å². The second-order valence-electron chi connectivity index (χ2n) is 3.12. The molecule has 6 heteroatoms. The van der Waals surface area contributed by atoms with Crippen LogP contribution in [0, 0.1) is 0 Å². The predicted octanol–water partition coefficient (Wildman–Crippen LogP) is 1.30. The van der Waals surface area contributed by atoms with Crippen molar-refractivity contribution in [1.29, 1.82) is 0 Å². The number of methoxy groups -OCH3 is 3. The largest absolute Gasteiger partial charge is 0.493 e. The highest BCUT2D eigenvalue weighted by Crippen LogP contribution is 2.29. The minimum Gasteiger partial charge on any atom is -0.493 e. The van der Waals surface area contributed by atoms with Gasteiger partial charge in [-0.15, -0.1) is 12.4 Å². The first-order valence-corrected chi connectivity index (χ1v) is 4.69. The molecule has 0 aliphatic heterocycles. The van der Waals surface area contributed by atoms with Crippen LogP contribution in [0.5, 0.6) is 11.5 Å². The smallest absolute Gasteiger partial charge is 0.327 e. The van der Waals surface area contributed by atoms with Crippen molar-refractivity contribution >= 4 is 18.4 Å². The third kappa shape index (κ3) is 3.51. The maximum atomic E-state index is 11.2. The third-order valence-electron chi connectivity index (χ3n) is 2.22. The van der Waals surface area contributed by atoms with E-state index in [9.17, 15) is 4.79 Å². The van der Waals surface area contributed by atoms with Gasteiger partial charge in [-0.05, 0) is 17.7 Å². The zero-order valence-corrected chi connectivity index (χ0v) is 10.7. The monoisotopic (exact) mass is 261 g/mol. The lowest BCUT2D eigenvalue weighted by Gasteiger charge is -2.13. The van der Waals surface area contributed by atoms with E-state index in [4.69, 9.17) is 15.2 Å². The van der Waals surface area contributed by atoms with Crippen LogP contribution >= 0.6 is 12.4 Å². The van der Waals surface area contributed by atoms with Gasteiger partial charge < -0.3 is 19.9 Å². The Morgan fingerprint density at radius 1 is 1.18 bits per heavy atom. The minimum atomic E-state index is -0.815. The molecule has 0 aromatic heterocycles. The molecule has 1 atom stereocenters. The number of hydrogen-bond acceptors (Lipinski definition) is 5. The van der Waals surface area contributed by atoms with Crippen molar-refractivity contribution in [3.63, 3.8) is 0 Å². The van der Waals surface area contributed by atoms with E-state index in [2.05, 4.69) is 4.74 Å². The number of rotatable bonds is 4. The molecule has 1 aromatic rings. The van der Waals surface area contributed by atoms with Crippen molar-refractivity contribution in [2.45, 2.75) is 6.04 Å². The number of halogens is 1. The van der Waals surface area contributed by atoms with Crippen LogP contribution in [-0.4, -0.2) is 27.3 Å². The lowest BCUT2D eigenvalue weighted by Crippen LogP contribution is -2.22. The fourth-order valence-corrected chi connectivity index (χ4v) is 1.31. The molecule has 96 valence electrons. The van der Waals surface area contributed by atoms with Gasteiger partial charge in [-0.1, -0.05) is 6.07 Å². The van der Waals surface area contributed by atoms with Gasteiger partial charge in [-0.2, -0.15) is 0 Å². The molecule has 2 N–H and O–H groups in total. The van der Waals surface area contributed by atoms with Crippen LogP contribution in [0.2, 0.25) is 0 Å². The Morgan fingerprint density at radius 3 is 2.24 bits per heavy atom. The Kier molecular flexibility index (Phi) is 6.38. The topological polar surface area (TPSA) is 70.8 Å². The van der Waals surface area contributed by atoms with Crippen LogP contribution in [0.25, 0.3) is 0 Å². The van der Waals surface area contributed by atoms with Crippen molar-refractivity contribution in [1.82, 2.24) is 0 Å². The van der Waals surface area contributed by atoms with Crippen LogP contribution in [0.15, 0.2) is 18.2 Å². The third-order valence-corrected chi connectivity index (χ3v) is 2.22. The second-order valence-corrected chi connectivity index (χ2v) is 3.12. The molecule has 0 saturated carbocycles. The first-order valence-electron chi connectivity index (χ1n) is 4.69. The highest BCUT2D eigenvalue weighted by Gasteiger charge is 2.17. The Morgan fingerprint density at radius 2 is 1.76 bits per heavy atom. The number of esters is 1. The molecule has 0 spiro atoms. The molecule has 0 radical (unpaired) electrons. The van der Waals surface area contributed by atoms with Crippen molar-refractivity contribution < 1.29 is 19.0 Å². The average Bonchev–Trinajstić information content (AvgIpc) is 2.35. The summed E-state index contributed by atoms with van der Waals surface area (Å²) >= 11 is 0. The quantitative estimate of drug-likeness (QED) is 0.827. The van der Waals surface area contributed by atoms with Crippen molar-refractivity contribution in [3.05, 3.63) is 23.8 Å². The maximum Gasteiger partial charge on any atom is 0.327 e. The molecule has 0 aliphatic rings. The molecule has 0 heterocycles. The summed E-state index contributed by atoms with van der Waals surface area (Å²) in [5.41, 5.74) is 6.31. The van der Waals surface area contributed by atoms with Gasteiger partial charge in [0, 0.05) is 0 Å². The second kappa shape index (κ2) is 6.98. The van der Waals surface area contributed by atoms with Gasteiger partial charge in [0.15, 0.2) is 11.5 Å². The van der Waals surface area contributed by atoms with Crippen molar-refractivity contribution in [2.24, 2.45) is 5.73 Å². The molecule has 0 bridgehead atoms. The lowest BCUT2D eigenvalue weighted by atomic mass is 10.1. The van der Waals surface area contributed by atoms with Gasteiger partial charge in [0.25, 0.3) is 0 Å². The summed E-state index contributed by atoms with van der Waals surface area (Å²) < 4.78 is 14.7. The Balaban J connectivity index is 0.00000256. The standard InChI is InChI=1S/C11H15NO4.ClH/c1-14-8-5-4-7(6-9(8)15-2)10(12)11(13)16-3;/h4-6,10H,12H2,1-3H3;1H/t10-;/m1./s1. The average molecular weight is 262 g/mol. The summed E-state index contributed by atoms with van der Waals surface area (Å²) in [5.74, 6) is 0.620. The zero-order valence-electron chi connectivity index (χ0n) is 9.93. The Hall–Kier alpha value is -1.46. The lowest BCUT2D eigenvalue weighted by molar-refractivity contribution is -0.142. The molecule has 5 nitrogen and oxygen atoms in total. The molecule has 1 rings (SSSR count). The number of hydrogen-bond donors (Lipinski definition) is 1. The van der Waals surface area contributed by atoms with Gasteiger partial charge >= 0.3 is 5.97 Å². The van der Waals surface area contributed by atoms with E-state index >= 15 is 0 Å². The van der Waals surface area contributed by atoms with E-state index < -0.39 is 12.0 Å². The summed E-state index contributed by atoms with van der Waals surface area (Å²) in [5, 5.41) is 0. The van der Waals surface area contributed by atoms with Gasteiger partial charge in [0.1, 0.15) is 6.04 Å².